The Kier molecular flexibility index (Phi) is 7.78. The van der Waals surface area contributed by atoms with E-state index in [0.717, 1.165) is 36.4 Å². The van der Waals surface area contributed by atoms with Gasteiger partial charge in [-0.15, -0.1) is 0 Å². The fourth-order valence-corrected chi connectivity index (χ4v) is 4.75. The number of carbonyl (C=O) groups excluding carboxylic acids is 1. The van der Waals surface area contributed by atoms with Gasteiger partial charge in [0.15, 0.2) is 0 Å². The second-order valence-electron chi connectivity index (χ2n) is 6.78. The van der Waals surface area contributed by atoms with Crippen LogP contribution in [0.15, 0.2) is 23.1 Å². The molecule has 7 nitrogen and oxygen atoms in total. The van der Waals surface area contributed by atoms with Gasteiger partial charge in [0, 0.05) is 41.7 Å². The molecule has 0 saturated carbocycles. The van der Waals surface area contributed by atoms with Crippen LogP contribution in [0.2, 0.25) is 0 Å². The number of nitrogens with one attached hydrogen (secondary N) is 1. The maximum atomic E-state index is 12.8. The predicted octanol–water partition coefficient (Wildman–Crippen LogP) is 0.494. The number of nitrogens with two attached hydrogens (primary N) is 1. The van der Waals surface area contributed by atoms with Gasteiger partial charge in [-0.3, -0.25) is 9.00 Å². The highest BCUT2D eigenvalue weighted by Gasteiger charge is 2.35. The fourth-order valence-electron chi connectivity index (χ4n) is 3.58. The lowest BCUT2D eigenvalue weighted by Crippen LogP contribution is -2.46. The van der Waals surface area contributed by atoms with Crippen molar-refractivity contribution in [2.45, 2.75) is 30.3 Å². The summed E-state index contributed by atoms with van der Waals surface area (Å²) in [5, 5.41) is 3.36. The quantitative estimate of drug-likeness (QED) is 0.560. The Morgan fingerprint density at radius 3 is 2.78 bits per heavy atom. The van der Waals surface area contributed by atoms with E-state index < -0.39 is 10.8 Å². The Balaban J connectivity index is 1.56. The number of amides is 1. The van der Waals surface area contributed by atoms with E-state index in [0.29, 0.717) is 50.8 Å². The van der Waals surface area contributed by atoms with Crippen LogP contribution in [0.4, 0.5) is 0 Å². The van der Waals surface area contributed by atoms with Crippen LogP contribution >= 0.6 is 0 Å². The van der Waals surface area contributed by atoms with Gasteiger partial charge in [0.25, 0.3) is 5.91 Å². The van der Waals surface area contributed by atoms with E-state index in [2.05, 4.69) is 5.32 Å². The van der Waals surface area contributed by atoms with Crippen molar-refractivity contribution in [2.75, 3.05) is 51.8 Å². The molecule has 3 N–H and O–H groups in total. The average molecular weight is 396 g/mol. The highest BCUT2D eigenvalue weighted by atomic mass is 32.2. The zero-order valence-electron chi connectivity index (χ0n) is 15.7. The van der Waals surface area contributed by atoms with E-state index in [1.165, 1.54) is 0 Å². The zero-order valence-corrected chi connectivity index (χ0v) is 16.5. The third kappa shape index (κ3) is 5.14. The molecule has 0 bridgehead atoms. The van der Waals surface area contributed by atoms with E-state index in [1.54, 1.807) is 0 Å². The molecule has 0 radical (unpaired) electrons. The zero-order chi connectivity index (χ0) is 19.1. The lowest BCUT2D eigenvalue weighted by atomic mass is 10.1. The minimum Gasteiger partial charge on any atom is -0.378 e. The monoisotopic (exact) mass is 395 g/mol. The molecule has 27 heavy (non-hydrogen) atoms. The fraction of sp³-hybridized carbons (Fsp3) is 0.632. The summed E-state index contributed by atoms with van der Waals surface area (Å²) in [4.78, 5) is 15.5. The molecule has 1 amide bonds. The van der Waals surface area contributed by atoms with Gasteiger partial charge in [-0.25, -0.2) is 0 Å². The smallest absolute Gasteiger partial charge is 0.254 e. The molecular weight excluding hydrogens is 366 g/mol. The molecule has 2 aliphatic rings. The number of hydrogen-bond donors (Lipinski definition) is 2. The van der Waals surface area contributed by atoms with Gasteiger partial charge in [-0.2, -0.15) is 0 Å². The largest absolute Gasteiger partial charge is 0.378 e. The van der Waals surface area contributed by atoms with Crippen LogP contribution in [-0.2, 0) is 26.8 Å². The van der Waals surface area contributed by atoms with Crippen molar-refractivity contribution in [3.8, 4) is 0 Å². The molecule has 3 rings (SSSR count). The number of benzene rings is 1. The number of nitrogens with zero attached hydrogens (tertiary/aromatic N) is 1. The number of fused-ring (bicyclic) bond motifs is 1. The Labute approximate surface area is 163 Å². The van der Waals surface area contributed by atoms with Gasteiger partial charge in [-0.1, -0.05) is 6.07 Å². The van der Waals surface area contributed by atoms with Crippen molar-refractivity contribution in [3.63, 3.8) is 0 Å². The lowest BCUT2D eigenvalue weighted by Gasteiger charge is -2.31. The minimum atomic E-state index is -1.19. The van der Waals surface area contributed by atoms with Crippen LogP contribution in [0, 0.1) is 0 Å². The summed E-state index contributed by atoms with van der Waals surface area (Å²) >= 11 is 0. The predicted molar refractivity (Wildman–Crippen MR) is 104 cm³/mol. The average Bonchev–Trinajstić information content (AvgIpc) is 3.04. The van der Waals surface area contributed by atoms with E-state index in [4.69, 9.17) is 15.2 Å². The van der Waals surface area contributed by atoms with Crippen molar-refractivity contribution >= 4 is 16.7 Å². The lowest BCUT2D eigenvalue weighted by molar-refractivity contribution is 0.0569. The van der Waals surface area contributed by atoms with E-state index in [-0.39, 0.29) is 11.9 Å². The first-order valence-electron chi connectivity index (χ1n) is 9.60. The molecule has 1 fully saturated rings. The van der Waals surface area contributed by atoms with Crippen molar-refractivity contribution in [2.24, 2.45) is 5.73 Å². The van der Waals surface area contributed by atoms with Gasteiger partial charge < -0.3 is 25.4 Å². The number of carbonyl (C=O) groups is 1. The van der Waals surface area contributed by atoms with Gasteiger partial charge in [0.1, 0.15) is 0 Å². The SMILES string of the molecule is NCCOCCOCCS(=O)c1cccc2c1CN(C1CCCNC1)C2=O. The molecule has 8 heteroatoms. The van der Waals surface area contributed by atoms with E-state index >= 15 is 0 Å². The maximum Gasteiger partial charge on any atom is 0.254 e. The minimum absolute atomic E-state index is 0.0610. The van der Waals surface area contributed by atoms with Gasteiger partial charge in [0.2, 0.25) is 0 Å². The molecule has 0 aliphatic carbocycles. The normalized spacial score (nSPS) is 20.7. The summed E-state index contributed by atoms with van der Waals surface area (Å²) in [7, 11) is -1.19. The van der Waals surface area contributed by atoms with E-state index in [1.807, 2.05) is 23.1 Å². The summed E-state index contributed by atoms with van der Waals surface area (Å²) < 4.78 is 23.5. The summed E-state index contributed by atoms with van der Waals surface area (Å²) in [5.74, 6) is 0.470. The molecule has 2 aliphatic heterocycles. The number of rotatable bonds is 10. The highest BCUT2D eigenvalue weighted by molar-refractivity contribution is 7.85. The second kappa shape index (κ2) is 10.3. The number of piperidine rings is 1. The molecule has 150 valence electrons. The van der Waals surface area contributed by atoms with Crippen LogP contribution < -0.4 is 11.1 Å². The molecule has 1 aromatic carbocycles. The van der Waals surface area contributed by atoms with E-state index in [9.17, 15) is 9.00 Å². The Hall–Kier alpha value is -1.32. The summed E-state index contributed by atoms with van der Waals surface area (Å²) in [6.07, 6.45) is 2.10. The summed E-state index contributed by atoms with van der Waals surface area (Å²) in [5.41, 5.74) is 6.96. The van der Waals surface area contributed by atoms with Crippen LogP contribution in [0.1, 0.15) is 28.8 Å². The second-order valence-corrected chi connectivity index (χ2v) is 8.32. The third-order valence-corrected chi connectivity index (χ3v) is 6.37. The molecular formula is C19H29N3O4S. The van der Waals surface area contributed by atoms with Crippen molar-refractivity contribution in [1.82, 2.24) is 10.2 Å². The topological polar surface area (TPSA) is 93.9 Å². The van der Waals surface area contributed by atoms with Gasteiger partial charge >= 0.3 is 0 Å². The Bertz CT molecular complexity index is 664. The van der Waals surface area contributed by atoms with Crippen molar-refractivity contribution in [3.05, 3.63) is 29.3 Å². The molecule has 2 atom stereocenters. The maximum absolute atomic E-state index is 12.8. The highest BCUT2D eigenvalue weighted by Crippen LogP contribution is 2.30. The van der Waals surface area contributed by atoms with Crippen molar-refractivity contribution < 1.29 is 18.5 Å². The summed E-state index contributed by atoms with van der Waals surface area (Å²) in [6.45, 7) is 4.76. The van der Waals surface area contributed by atoms with Crippen LogP contribution in [0.5, 0.6) is 0 Å². The summed E-state index contributed by atoms with van der Waals surface area (Å²) in [6, 6.07) is 5.76. The van der Waals surface area contributed by atoms with Crippen LogP contribution in [-0.4, -0.2) is 72.9 Å². The van der Waals surface area contributed by atoms with Gasteiger partial charge in [0.05, 0.1) is 43.0 Å². The Morgan fingerprint density at radius 1 is 1.22 bits per heavy atom. The first-order valence-corrected chi connectivity index (χ1v) is 10.9. The standard InChI is InChI=1S/C19H29N3O4S/c20-6-8-25-9-10-26-11-12-27(24)18-5-1-4-16-17(18)14-22(19(16)23)15-3-2-7-21-13-15/h1,4-5,15,21H,2-3,6-14,20H2. The Morgan fingerprint density at radius 2 is 2.04 bits per heavy atom. The number of hydrogen-bond acceptors (Lipinski definition) is 6. The molecule has 2 heterocycles. The van der Waals surface area contributed by atoms with Crippen LogP contribution in [0.3, 0.4) is 0 Å². The molecule has 2 unspecified atom stereocenters. The van der Waals surface area contributed by atoms with Crippen LogP contribution in [0.25, 0.3) is 0 Å². The molecule has 1 aromatic rings. The molecule has 0 spiro atoms. The third-order valence-electron chi connectivity index (χ3n) is 4.96. The molecule has 0 aromatic heterocycles. The number of ether oxygens (including phenoxy) is 2. The first kappa shape index (κ1) is 20.4. The molecule has 1 saturated heterocycles. The van der Waals surface area contributed by atoms with Gasteiger partial charge in [-0.05, 0) is 31.5 Å². The van der Waals surface area contributed by atoms with Crippen molar-refractivity contribution in [1.29, 1.82) is 0 Å². The first-order chi connectivity index (χ1) is 13.2.